The summed E-state index contributed by atoms with van der Waals surface area (Å²) in [6.07, 6.45) is 0.435. The highest BCUT2D eigenvalue weighted by Gasteiger charge is 2.13. The largest absolute Gasteiger partial charge is 0.399 e. The average Bonchev–Trinajstić information content (AvgIpc) is 3.04. The first-order chi connectivity index (χ1) is 11.7. The van der Waals surface area contributed by atoms with Crippen molar-refractivity contribution in [1.29, 1.82) is 0 Å². The molecule has 2 heterocycles. The summed E-state index contributed by atoms with van der Waals surface area (Å²) in [5.41, 5.74) is 8.44. The quantitative estimate of drug-likeness (QED) is 0.581. The van der Waals surface area contributed by atoms with E-state index in [1.807, 2.05) is 42.5 Å². The van der Waals surface area contributed by atoms with Crippen molar-refractivity contribution in [1.82, 2.24) is 19.8 Å². The van der Waals surface area contributed by atoms with Crippen molar-refractivity contribution < 1.29 is 0 Å². The van der Waals surface area contributed by atoms with E-state index >= 15 is 0 Å². The SMILES string of the molecule is Nc1ccc(-c2nn3c(=O)c(Cc4ccccc4)nnc3s2)cc1. The van der Waals surface area contributed by atoms with E-state index in [2.05, 4.69) is 15.3 Å². The molecule has 4 rings (SSSR count). The number of nitrogen functional groups attached to an aromatic ring is 1. The summed E-state index contributed by atoms with van der Waals surface area (Å²) in [5, 5.41) is 13.3. The van der Waals surface area contributed by atoms with E-state index in [9.17, 15) is 4.79 Å². The molecule has 0 aliphatic rings. The Morgan fingerprint density at radius 2 is 1.75 bits per heavy atom. The molecule has 4 aromatic rings. The molecule has 0 saturated heterocycles. The Bertz CT molecular complexity index is 1050. The van der Waals surface area contributed by atoms with Crippen LogP contribution in [0.1, 0.15) is 11.3 Å². The third-order valence-electron chi connectivity index (χ3n) is 3.63. The normalized spacial score (nSPS) is 11.0. The van der Waals surface area contributed by atoms with Gasteiger partial charge in [0.2, 0.25) is 4.96 Å². The average molecular weight is 335 g/mol. The van der Waals surface area contributed by atoms with E-state index in [0.717, 1.165) is 11.1 Å². The third kappa shape index (κ3) is 2.65. The number of benzene rings is 2. The highest BCUT2D eigenvalue weighted by atomic mass is 32.1. The smallest absolute Gasteiger partial charge is 0.297 e. The summed E-state index contributed by atoms with van der Waals surface area (Å²) in [6.45, 7) is 0. The topological polar surface area (TPSA) is 86.2 Å². The first-order valence-corrected chi connectivity index (χ1v) is 8.17. The Hall–Kier alpha value is -3.06. The lowest BCUT2D eigenvalue weighted by Gasteiger charge is -1.99. The van der Waals surface area contributed by atoms with Crippen molar-refractivity contribution in [3.05, 3.63) is 76.2 Å². The molecule has 2 aromatic carbocycles. The molecule has 6 nitrogen and oxygen atoms in total. The van der Waals surface area contributed by atoms with Gasteiger partial charge in [-0.1, -0.05) is 41.7 Å². The van der Waals surface area contributed by atoms with Crippen molar-refractivity contribution in [3.8, 4) is 10.6 Å². The van der Waals surface area contributed by atoms with Gasteiger partial charge in [0.1, 0.15) is 10.7 Å². The highest BCUT2D eigenvalue weighted by molar-refractivity contribution is 7.19. The van der Waals surface area contributed by atoms with Crippen molar-refractivity contribution in [2.45, 2.75) is 6.42 Å². The first kappa shape index (κ1) is 14.5. The number of nitrogens with two attached hydrogens (primary N) is 1. The second-order valence-electron chi connectivity index (χ2n) is 5.34. The molecule has 0 aliphatic heterocycles. The molecule has 24 heavy (non-hydrogen) atoms. The van der Waals surface area contributed by atoms with Gasteiger partial charge < -0.3 is 5.73 Å². The monoisotopic (exact) mass is 335 g/mol. The van der Waals surface area contributed by atoms with Gasteiger partial charge in [0.25, 0.3) is 5.56 Å². The summed E-state index contributed by atoms with van der Waals surface area (Å²) in [4.78, 5) is 13.1. The van der Waals surface area contributed by atoms with E-state index < -0.39 is 0 Å². The standard InChI is InChI=1S/C17H13N5OS/c18-13-8-6-12(7-9-13)15-21-22-16(23)14(19-20-17(22)24-15)10-11-4-2-1-3-5-11/h1-9H,10,18H2. The fourth-order valence-electron chi connectivity index (χ4n) is 2.39. The van der Waals surface area contributed by atoms with Gasteiger partial charge in [0.15, 0.2) is 0 Å². The number of rotatable bonds is 3. The van der Waals surface area contributed by atoms with E-state index in [1.54, 1.807) is 12.1 Å². The number of anilines is 1. The Labute approximate surface area is 141 Å². The molecule has 0 aliphatic carbocycles. The number of nitrogens with zero attached hydrogens (tertiary/aromatic N) is 4. The van der Waals surface area contributed by atoms with Gasteiger partial charge in [-0.05, 0) is 29.8 Å². The lowest BCUT2D eigenvalue weighted by Crippen LogP contribution is -2.22. The highest BCUT2D eigenvalue weighted by Crippen LogP contribution is 2.24. The molecule has 0 fully saturated rings. The summed E-state index contributed by atoms with van der Waals surface area (Å²) in [7, 11) is 0. The Morgan fingerprint density at radius 3 is 2.50 bits per heavy atom. The molecule has 0 unspecified atom stereocenters. The fraction of sp³-hybridized carbons (Fsp3) is 0.0588. The molecule has 0 amide bonds. The van der Waals surface area contributed by atoms with Crippen LogP contribution in [0, 0.1) is 0 Å². The van der Waals surface area contributed by atoms with E-state index in [-0.39, 0.29) is 5.56 Å². The van der Waals surface area contributed by atoms with Gasteiger partial charge in [-0.3, -0.25) is 4.79 Å². The summed E-state index contributed by atoms with van der Waals surface area (Å²) in [6, 6.07) is 17.1. The molecule has 0 spiro atoms. The Kier molecular flexibility index (Phi) is 3.55. The van der Waals surface area contributed by atoms with Crippen molar-refractivity contribution in [3.63, 3.8) is 0 Å². The molecule has 0 atom stereocenters. The molecule has 2 aromatic heterocycles. The van der Waals surface area contributed by atoms with Gasteiger partial charge in [-0.25, -0.2) is 0 Å². The van der Waals surface area contributed by atoms with Crippen LogP contribution in [0.4, 0.5) is 5.69 Å². The molecular weight excluding hydrogens is 322 g/mol. The third-order valence-corrected chi connectivity index (χ3v) is 4.58. The number of fused-ring (bicyclic) bond motifs is 1. The summed E-state index contributed by atoms with van der Waals surface area (Å²) in [5.74, 6) is 0. The van der Waals surface area contributed by atoms with Crippen molar-refractivity contribution in [2.24, 2.45) is 0 Å². The zero-order valence-corrected chi connectivity index (χ0v) is 13.4. The Balaban J connectivity index is 1.76. The minimum atomic E-state index is -0.234. The van der Waals surface area contributed by atoms with Gasteiger partial charge in [-0.2, -0.15) is 9.61 Å². The van der Waals surface area contributed by atoms with Gasteiger partial charge in [0, 0.05) is 17.7 Å². The minimum absolute atomic E-state index is 0.234. The number of aromatic nitrogens is 4. The van der Waals surface area contributed by atoms with Crippen molar-refractivity contribution >= 4 is 22.0 Å². The molecule has 0 saturated carbocycles. The first-order valence-electron chi connectivity index (χ1n) is 7.36. The second kappa shape index (κ2) is 5.86. The molecule has 7 heteroatoms. The van der Waals surface area contributed by atoms with Crippen LogP contribution in [0.3, 0.4) is 0 Å². The van der Waals surface area contributed by atoms with Crippen LogP contribution in [-0.4, -0.2) is 19.8 Å². The van der Waals surface area contributed by atoms with Crippen LogP contribution >= 0.6 is 11.3 Å². The predicted octanol–water partition coefficient (Wildman–Crippen LogP) is 2.39. The predicted molar refractivity (Wildman–Crippen MR) is 94.0 cm³/mol. The van der Waals surface area contributed by atoms with E-state index in [4.69, 9.17) is 5.73 Å². The molecule has 0 radical (unpaired) electrons. The fourth-order valence-corrected chi connectivity index (χ4v) is 3.23. The molecule has 118 valence electrons. The Morgan fingerprint density at radius 1 is 1.00 bits per heavy atom. The lowest BCUT2D eigenvalue weighted by atomic mass is 10.1. The van der Waals surface area contributed by atoms with Crippen LogP contribution in [0.2, 0.25) is 0 Å². The number of hydrogen-bond donors (Lipinski definition) is 1. The molecular formula is C17H13N5OS. The summed E-state index contributed by atoms with van der Waals surface area (Å²) >= 11 is 1.32. The second-order valence-corrected chi connectivity index (χ2v) is 6.29. The van der Waals surface area contributed by atoms with Gasteiger partial charge in [0.05, 0.1) is 0 Å². The van der Waals surface area contributed by atoms with Crippen LogP contribution in [-0.2, 0) is 6.42 Å². The summed E-state index contributed by atoms with van der Waals surface area (Å²) < 4.78 is 1.32. The minimum Gasteiger partial charge on any atom is -0.399 e. The molecule has 2 N–H and O–H groups in total. The van der Waals surface area contributed by atoms with Crippen LogP contribution < -0.4 is 11.3 Å². The van der Waals surface area contributed by atoms with E-state index in [0.29, 0.717) is 27.8 Å². The van der Waals surface area contributed by atoms with Crippen LogP contribution in [0.5, 0.6) is 0 Å². The zero-order chi connectivity index (χ0) is 16.5. The van der Waals surface area contributed by atoms with Gasteiger partial charge >= 0.3 is 0 Å². The maximum atomic E-state index is 12.6. The van der Waals surface area contributed by atoms with E-state index in [1.165, 1.54) is 15.9 Å². The van der Waals surface area contributed by atoms with Crippen LogP contribution in [0.15, 0.2) is 59.4 Å². The maximum Gasteiger partial charge on any atom is 0.297 e. The van der Waals surface area contributed by atoms with Crippen molar-refractivity contribution in [2.75, 3.05) is 5.73 Å². The van der Waals surface area contributed by atoms with Crippen LogP contribution in [0.25, 0.3) is 15.5 Å². The lowest BCUT2D eigenvalue weighted by molar-refractivity contribution is 0.810. The van der Waals surface area contributed by atoms with Gasteiger partial charge in [-0.15, -0.1) is 10.2 Å². The molecule has 0 bridgehead atoms. The maximum absolute atomic E-state index is 12.6. The number of hydrogen-bond acceptors (Lipinski definition) is 6. The zero-order valence-electron chi connectivity index (χ0n) is 12.6.